The molecule has 8 heteroatoms. The number of sulfone groups is 1. The first-order valence-corrected chi connectivity index (χ1v) is 9.24. The van der Waals surface area contributed by atoms with Crippen molar-refractivity contribution in [3.05, 3.63) is 30.1 Å². The van der Waals surface area contributed by atoms with Gasteiger partial charge in [-0.25, -0.2) is 12.8 Å². The number of hydrogen-bond acceptors (Lipinski definition) is 4. The Morgan fingerprint density at radius 3 is 2.38 bits per heavy atom. The zero-order valence-electron chi connectivity index (χ0n) is 13.8. The highest BCUT2D eigenvalue weighted by molar-refractivity contribution is 7.92. The Kier molecular flexibility index (Phi) is 6.78. The summed E-state index contributed by atoms with van der Waals surface area (Å²) in [6, 6.07) is 4.62. The lowest BCUT2D eigenvalue weighted by molar-refractivity contribution is -0.123. The van der Waals surface area contributed by atoms with Crippen molar-refractivity contribution < 1.29 is 17.6 Å². The van der Waals surface area contributed by atoms with E-state index in [9.17, 15) is 17.6 Å². The molecule has 1 fully saturated rings. The third-order valence-corrected chi connectivity index (χ3v) is 6.63. The summed E-state index contributed by atoms with van der Waals surface area (Å²) >= 11 is 0. The second kappa shape index (κ2) is 7.80. The van der Waals surface area contributed by atoms with E-state index < -0.39 is 26.4 Å². The van der Waals surface area contributed by atoms with Crippen LogP contribution in [0, 0.1) is 11.7 Å². The minimum absolute atomic E-state index is 0. The molecule has 0 aromatic heterocycles. The van der Waals surface area contributed by atoms with Gasteiger partial charge in [0.2, 0.25) is 5.91 Å². The monoisotopic (exact) mass is 378 g/mol. The first-order valence-electron chi connectivity index (χ1n) is 7.69. The number of hydrogen-bond donors (Lipinski definition) is 2. The molecular formula is C16H24ClFN2O3S. The maximum Gasteiger partial charge on any atom is 0.221 e. The predicted molar refractivity (Wildman–Crippen MR) is 93.2 cm³/mol. The van der Waals surface area contributed by atoms with E-state index >= 15 is 0 Å². The lowest BCUT2D eigenvalue weighted by Gasteiger charge is -2.30. The molecule has 1 aromatic carbocycles. The molecule has 1 amide bonds. The summed E-state index contributed by atoms with van der Waals surface area (Å²) < 4.78 is 37.8. The lowest BCUT2D eigenvalue weighted by Crippen LogP contribution is -2.53. The van der Waals surface area contributed by atoms with Crippen molar-refractivity contribution in [2.75, 3.05) is 6.54 Å². The largest absolute Gasteiger partial charge is 0.349 e. The van der Waals surface area contributed by atoms with Crippen molar-refractivity contribution in [1.29, 1.82) is 0 Å². The third kappa shape index (κ3) is 4.68. The molecule has 2 rings (SSSR count). The second-order valence-electron chi connectivity index (χ2n) is 6.46. The first kappa shape index (κ1) is 20.9. The van der Waals surface area contributed by atoms with Crippen LogP contribution < -0.4 is 11.1 Å². The Balaban J connectivity index is 0.00000288. The molecule has 0 bridgehead atoms. The maximum atomic E-state index is 12.9. The maximum absolute atomic E-state index is 12.9. The standard InChI is InChI=1S/C16H23FN2O3S.ClH/c1-11(23(21,22)14-7-5-13(17)6-8-14)9-15(20)19-16(2,10-18)12-3-4-12;/h5-8,11-12H,3-4,9-10,18H2,1-2H3,(H,19,20);1H. The fourth-order valence-corrected chi connectivity index (χ4v) is 3.99. The second-order valence-corrected chi connectivity index (χ2v) is 8.82. The third-order valence-electron chi connectivity index (χ3n) is 4.47. The number of amides is 1. The van der Waals surface area contributed by atoms with Crippen LogP contribution >= 0.6 is 12.4 Å². The van der Waals surface area contributed by atoms with Crippen LogP contribution in [0.2, 0.25) is 0 Å². The van der Waals surface area contributed by atoms with E-state index in [4.69, 9.17) is 5.73 Å². The molecule has 1 saturated carbocycles. The van der Waals surface area contributed by atoms with Crippen LogP contribution in [0.25, 0.3) is 0 Å². The summed E-state index contributed by atoms with van der Waals surface area (Å²) in [6.07, 6.45) is 1.90. The van der Waals surface area contributed by atoms with Gasteiger partial charge in [0.05, 0.1) is 15.7 Å². The van der Waals surface area contributed by atoms with Gasteiger partial charge in [-0.15, -0.1) is 12.4 Å². The van der Waals surface area contributed by atoms with Crippen LogP contribution in [-0.2, 0) is 14.6 Å². The minimum atomic E-state index is -3.68. The summed E-state index contributed by atoms with van der Waals surface area (Å²) in [6.45, 7) is 3.69. The summed E-state index contributed by atoms with van der Waals surface area (Å²) in [5, 5.41) is 1.99. The number of rotatable bonds is 7. The number of carbonyl (C=O) groups excluding carboxylic acids is 1. The summed E-state index contributed by atoms with van der Waals surface area (Å²) in [4.78, 5) is 12.2. The number of nitrogens with two attached hydrogens (primary N) is 1. The molecule has 5 nitrogen and oxygen atoms in total. The molecule has 3 N–H and O–H groups in total. The van der Waals surface area contributed by atoms with Crippen LogP contribution in [0.3, 0.4) is 0 Å². The average molecular weight is 379 g/mol. The van der Waals surface area contributed by atoms with Gasteiger partial charge >= 0.3 is 0 Å². The lowest BCUT2D eigenvalue weighted by atomic mass is 9.95. The Bertz CT molecular complexity index is 677. The van der Waals surface area contributed by atoms with E-state index in [0.29, 0.717) is 12.5 Å². The smallest absolute Gasteiger partial charge is 0.221 e. The van der Waals surface area contributed by atoms with E-state index in [-0.39, 0.29) is 29.6 Å². The molecule has 1 aliphatic carbocycles. The molecule has 24 heavy (non-hydrogen) atoms. The SMILES string of the molecule is CC(CC(=O)NC(C)(CN)C1CC1)S(=O)(=O)c1ccc(F)cc1.Cl. The Morgan fingerprint density at radius 2 is 1.92 bits per heavy atom. The normalized spacial score (nSPS) is 18.2. The van der Waals surface area contributed by atoms with Gasteiger partial charge in [-0.3, -0.25) is 4.79 Å². The molecule has 0 heterocycles. The van der Waals surface area contributed by atoms with E-state index in [1.54, 1.807) is 0 Å². The van der Waals surface area contributed by atoms with Crippen molar-refractivity contribution >= 4 is 28.2 Å². The quantitative estimate of drug-likeness (QED) is 0.710. The van der Waals surface area contributed by atoms with E-state index in [2.05, 4.69) is 5.32 Å². The van der Waals surface area contributed by atoms with Gasteiger partial charge in [-0.2, -0.15) is 0 Å². The van der Waals surface area contributed by atoms with Crippen LogP contribution in [0.15, 0.2) is 29.2 Å². The van der Waals surface area contributed by atoms with E-state index in [0.717, 1.165) is 25.0 Å². The Morgan fingerprint density at radius 1 is 1.38 bits per heavy atom. The highest BCUT2D eigenvalue weighted by Gasteiger charge is 2.41. The van der Waals surface area contributed by atoms with Crippen molar-refractivity contribution in [1.82, 2.24) is 5.32 Å². The highest BCUT2D eigenvalue weighted by Crippen LogP contribution is 2.39. The van der Waals surface area contributed by atoms with Gasteiger partial charge in [0.15, 0.2) is 9.84 Å². The average Bonchev–Trinajstić information content (AvgIpc) is 3.32. The predicted octanol–water partition coefficient (Wildman–Crippen LogP) is 2.04. The van der Waals surface area contributed by atoms with Crippen LogP contribution in [0.1, 0.15) is 33.1 Å². The highest BCUT2D eigenvalue weighted by atomic mass is 35.5. The van der Waals surface area contributed by atoms with Crippen molar-refractivity contribution in [2.24, 2.45) is 11.7 Å². The molecule has 0 saturated heterocycles. The molecule has 2 unspecified atom stereocenters. The molecule has 2 atom stereocenters. The van der Waals surface area contributed by atoms with Crippen LogP contribution in [0.5, 0.6) is 0 Å². The van der Waals surface area contributed by atoms with Gasteiger partial charge in [0.25, 0.3) is 0 Å². The van der Waals surface area contributed by atoms with Crippen molar-refractivity contribution in [3.63, 3.8) is 0 Å². The zero-order valence-corrected chi connectivity index (χ0v) is 15.4. The summed E-state index contributed by atoms with van der Waals surface area (Å²) in [5.74, 6) is -0.471. The Labute approximate surface area is 148 Å². The number of carbonyl (C=O) groups is 1. The topological polar surface area (TPSA) is 89.3 Å². The molecule has 136 valence electrons. The Hall–Kier alpha value is -1.18. The fourth-order valence-electron chi connectivity index (χ4n) is 2.64. The number of benzene rings is 1. The zero-order chi connectivity index (χ0) is 17.3. The van der Waals surface area contributed by atoms with Gasteiger partial charge in [-0.05, 0) is 56.9 Å². The van der Waals surface area contributed by atoms with Crippen molar-refractivity contribution in [2.45, 2.75) is 48.8 Å². The molecule has 0 aliphatic heterocycles. The van der Waals surface area contributed by atoms with Crippen molar-refractivity contribution in [3.8, 4) is 0 Å². The molecule has 1 aliphatic rings. The van der Waals surface area contributed by atoms with Gasteiger partial charge < -0.3 is 11.1 Å². The van der Waals surface area contributed by atoms with E-state index in [1.807, 2.05) is 6.92 Å². The molecule has 0 radical (unpaired) electrons. The molecule has 0 spiro atoms. The molecule has 1 aromatic rings. The number of halogens is 2. The summed E-state index contributed by atoms with van der Waals surface area (Å²) in [7, 11) is -3.68. The number of nitrogens with one attached hydrogen (secondary N) is 1. The van der Waals surface area contributed by atoms with E-state index in [1.165, 1.54) is 19.1 Å². The van der Waals surface area contributed by atoms with Crippen LogP contribution in [0.4, 0.5) is 4.39 Å². The summed E-state index contributed by atoms with van der Waals surface area (Å²) in [5.41, 5.74) is 5.27. The molecular weight excluding hydrogens is 355 g/mol. The van der Waals surface area contributed by atoms with Gasteiger partial charge in [-0.1, -0.05) is 0 Å². The van der Waals surface area contributed by atoms with Crippen LogP contribution in [-0.4, -0.2) is 31.7 Å². The van der Waals surface area contributed by atoms with Gasteiger partial charge in [0, 0.05) is 13.0 Å². The fraction of sp³-hybridized carbons (Fsp3) is 0.562. The minimum Gasteiger partial charge on any atom is -0.349 e. The van der Waals surface area contributed by atoms with Gasteiger partial charge in [0.1, 0.15) is 5.82 Å². The first-order chi connectivity index (χ1) is 10.7.